The van der Waals surface area contributed by atoms with Gasteiger partial charge >= 0.3 is 0 Å². The van der Waals surface area contributed by atoms with Crippen molar-refractivity contribution < 1.29 is 0 Å². The molecule has 0 heterocycles. The molecular weight excluding hydrogens is 312 g/mol. The predicted octanol–water partition coefficient (Wildman–Crippen LogP) is 7.22. The van der Waals surface area contributed by atoms with Crippen LogP contribution in [0, 0.1) is 12.8 Å². The van der Waals surface area contributed by atoms with E-state index in [1.807, 2.05) is 0 Å². The summed E-state index contributed by atoms with van der Waals surface area (Å²) in [4.78, 5) is 0. The third-order valence-electron chi connectivity index (χ3n) is 5.90. The first-order valence-electron chi connectivity index (χ1n) is 10.0. The highest BCUT2D eigenvalue weighted by atomic mass is 14.3. The van der Waals surface area contributed by atoms with Gasteiger partial charge in [-0.3, -0.25) is 0 Å². The molecule has 0 radical (unpaired) electrons. The molecule has 1 aliphatic rings. The Hall–Kier alpha value is -2.34. The molecule has 0 spiro atoms. The van der Waals surface area contributed by atoms with E-state index in [-0.39, 0.29) is 0 Å². The number of rotatable bonds is 5. The third-order valence-corrected chi connectivity index (χ3v) is 5.90. The molecule has 0 heteroatoms. The quantitative estimate of drug-likeness (QED) is 0.430. The zero-order valence-electron chi connectivity index (χ0n) is 15.7. The van der Waals surface area contributed by atoms with Crippen LogP contribution in [0.1, 0.15) is 48.3 Å². The molecule has 0 fully saturated rings. The van der Waals surface area contributed by atoms with E-state index in [0.717, 1.165) is 6.42 Å². The minimum atomic E-state index is 0.596. The predicted molar refractivity (Wildman–Crippen MR) is 113 cm³/mol. The van der Waals surface area contributed by atoms with Gasteiger partial charge < -0.3 is 0 Å². The molecule has 0 amide bonds. The molecule has 26 heavy (non-hydrogen) atoms. The standard InChI is InChI=1S/C26H28/c1-20-14-16-21(17-15-20)18-19-25(22-8-3-2-4-9-22)26-13-7-11-23-10-5-6-12-24(23)26/h3,5-8,10-17,22,25H,2,4,9,18-19H2,1H3. The zero-order chi connectivity index (χ0) is 17.8. The fourth-order valence-electron chi connectivity index (χ4n) is 4.42. The SMILES string of the molecule is Cc1ccc(CCC(c2cccc3ccccc23)C2C=CCCC2)cc1. The number of fused-ring (bicyclic) bond motifs is 1. The molecule has 0 nitrogen and oxygen atoms in total. The van der Waals surface area contributed by atoms with E-state index in [0.29, 0.717) is 11.8 Å². The average molecular weight is 341 g/mol. The maximum absolute atomic E-state index is 2.49. The third kappa shape index (κ3) is 3.75. The van der Waals surface area contributed by atoms with Crippen molar-refractivity contribution in [2.45, 2.75) is 44.9 Å². The molecule has 0 N–H and O–H groups in total. The Bertz CT molecular complexity index is 880. The van der Waals surface area contributed by atoms with Gasteiger partial charge in [-0.05, 0) is 72.8 Å². The van der Waals surface area contributed by atoms with Gasteiger partial charge in [0, 0.05) is 0 Å². The fraction of sp³-hybridized carbons (Fsp3) is 0.308. The summed E-state index contributed by atoms with van der Waals surface area (Å²) in [6.45, 7) is 2.16. The summed E-state index contributed by atoms with van der Waals surface area (Å²) in [5, 5.41) is 2.80. The summed E-state index contributed by atoms with van der Waals surface area (Å²) in [6, 6.07) is 24.8. The van der Waals surface area contributed by atoms with Gasteiger partial charge in [0.15, 0.2) is 0 Å². The van der Waals surface area contributed by atoms with Crippen molar-refractivity contribution in [1.29, 1.82) is 0 Å². The monoisotopic (exact) mass is 340 g/mol. The van der Waals surface area contributed by atoms with E-state index in [4.69, 9.17) is 0 Å². The summed E-state index contributed by atoms with van der Waals surface area (Å²) >= 11 is 0. The maximum atomic E-state index is 2.49. The minimum absolute atomic E-state index is 0.596. The van der Waals surface area contributed by atoms with Gasteiger partial charge in [0.05, 0.1) is 0 Å². The van der Waals surface area contributed by atoms with Gasteiger partial charge in [-0.1, -0.05) is 84.4 Å². The Morgan fingerprint density at radius 2 is 1.73 bits per heavy atom. The normalized spacial score (nSPS) is 18.1. The van der Waals surface area contributed by atoms with Crippen LogP contribution in [-0.2, 0) is 6.42 Å². The molecule has 1 aliphatic carbocycles. The fourth-order valence-corrected chi connectivity index (χ4v) is 4.42. The highest BCUT2D eigenvalue weighted by molar-refractivity contribution is 5.86. The molecule has 4 rings (SSSR count). The Balaban J connectivity index is 1.67. The molecule has 0 bridgehead atoms. The molecule has 3 aromatic carbocycles. The van der Waals surface area contributed by atoms with Crippen LogP contribution in [0.4, 0.5) is 0 Å². The van der Waals surface area contributed by atoms with Crippen LogP contribution < -0.4 is 0 Å². The van der Waals surface area contributed by atoms with Crippen molar-refractivity contribution in [2.75, 3.05) is 0 Å². The van der Waals surface area contributed by atoms with Crippen LogP contribution >= 0.6 is 0 Å². The summed E-state index contributed by atoms with van der Waals surface area (Å²) < 4.78 is 0. The lowest BCUT2D eigenvalue weighted by Crippen LogP contribution is -2.14. The van der Waals surface area contributed by atoms with Crippen molar-refractivity contribution in [2.24, 2.45) is 5.92 Å². The highest BCUT2D eigenvalue weighted by Crippen LogP contribution is 2.39. The Kier molecular flexibility index (Phi) is 5.20. The molecule has 0 saturated carbocycles. The lowest BCUT2D eigenvalue weighted by atomic mass is 9.76. The van der Waals surface area contributed by atoms with Gasteiger partial charge in [-0.25, -0.2) is 0 Å². The van der Waals surface area contributed by atoms with Crippen LogP contribution in [0.3, 0.4) is 0 Å². The Morgan fingerprint density at radius 3 is 2.54 bits per heavy atom. The second-order valence-electron chi connectivity index (χ2n) is 7.72. The topological polar surface area (TPSA) is 0 Å². The lowest BCUT2D eigenvalue weighted by Gasteiger charge is -2.28. The van der Waals surface area contributed by atoms with Gasteiger partial charge in [-0.2, -0.15) is 0 Å². The molecule has 2 atom stereocenters. The maximum Gasteiger partial charge on any atom is -0.00897 e. The molecule has 0 saturated heterocycles. The van der Waals surface area contributed by atoms with Crippen LogP contribution in [-0.4, -0.2) is 0 Å². The Morgan fingerprint density at radius 1 is 0.923 bits per heavy atom. The highest BCUT2D eigenvalue weighted by Gasteiger charge is 2.23. The number of hydrogen-bond donors (Lipinski definition) is 0. The average Bonchev–Trinajstić information content (AvgIpc) is 2.70. The molecule has 0 aromatic heterocycles. The number of hydrogen-bond acceptors (Lipinski definition) is 0. The summed E-state index contributed by atoms with van der Waals surface area (Å²) in [6.07, 6.45) is 11.1. The Labute approximate surface area is 157 Å². The van der Waals surface area contributed by atoms with Crippen LogP contribution in [0.25, 0.3) is 10.8 Å². The first kappa shape index (κ1) is 17.1. The summed E-state index contributed by atoms with van der Waals surface area (Å²) in [5.74, 6) is 1.26. The summed E-state index contributed by atoms with van der Waals surface area (Å²) in [7, 11) is 0. The van der Waals surface area contributed by atoms with Gasteiger partial charge in [-0.15, -0.1) is 0 Å². The molecule has 132 valence electrons. The van der Waals surface area contributed by atoms with Crippen molar-refractivity contribution in [3.05, 3.63) is 95.6 Å². The van der Waals surface area contributed by atoms with Crippen molar-refractivity contribution in [3.63, 3.8) is 0 Å². The lowest BCUT2D eigenvalue weighted by molar-refractivity contribution is 0.427. The van der Waals surface area contributed by atoms with E-state index in [1.54, 1.807) is 0 Å². The van der Waals surface area contributed by atoms with E-state index in [2.05, 4.69) is 85.8 Å². The number of benzene rings is 3. The van der Waals surface area contributed by atoms with Crippen molar-refractivity contribution >= 4 is 10.8 Å². The number of allylic oxidation sites excluding steroid dienone is 2. The van der Waals surface area contributed by atoms with E-state index in [9.17, 15) is 0 Å². The van der Waals surface area contributed by atoms with Gasteiger partial charge in [0.25, 0.3) is 0 Å². The molecule has 3 aromatic rings. The van der Waals surface area contributed by atoms with Crippen LogP contribution in [0.5, 0.6) is 0 Å². The first-order chi connectivity index (χ1) is 12.8. The van der Waals surface area contributed by atoms with Crippen LogP contribution in [0.15, 0.2) is 78.9 Å². The van der Waals surface area contributed by atoms with E-state index in [1.165, 1.54) is 53.1 Å². The molecule has 2 unspecified atom stereocenters. The van der Waals surface area contributed by atoms with Crippen LogP contribution in [0.2, 0.25) is 0 Å². The van der Waals surface area contributed by atoms with E-state index < -0.39 is 0 Å². The second kappa shape index (κ2) is 7.91. The van der Waals surface area contributed by atoms with Gasteiger partial charge in [0.2, 0.25) is 0 Å². The van der Waals surface area contributed by atoms with Gasteiger partial charge in [0.1, 0.15) is 0 Å². The summed E-state index contributed by atoms with van der Waals surface area (Å²) in [5.41, 5.74) is 4.34. The largest absolute Gasteiger partial charge is 0.0882 e. The molecular formula is C26H28. The van der Waals surface area contributed by atoms with Crippen molar-refractivity contribution in [3.8, 4) is 0 Å². The molecule has 0 aliphatic heterocycles. The van der Waals surface area contributed by atoms with Crippen molar-refractivity contribution in [1.82, 2.24) is 0 Å². The smallest absolute Gasteiger partial charge is 0.00897 e. The van der Waals surface area contributed by atoms with E-state index >= 15 is 0 Å². The second-order valence-corrected chi connectivity index (χ2v) is 7.72. The first-order valence-corrected chi connectivity index (χ1v) is 10.0. The number of aryl methyl sites for hydroxylation is 2. The zero-order valence-corrected chi connectivity index (χ0v) is 15.7. The minimum Gasteiger partial charge on any atom is -0.0882 e.